The van der Waals surface area contributed by atoms with E-state index in [9.17, 15) is 4.79 Å². The van der Waals surface area contributed by atoms with E-state index in [1.54, 1.807) is 25.2 Å². The van der Waals surface area contributed by atoms with Crippen LogP contribution in [0.4, 0.5) is 0 Å². The molecule has 4 rings (SSSR count). The highest BCUT2D eigenvalue weighted by Gasteiger charge is 2.29. The van der Waals surface area contributed by atoms with E-state index in [1.165, 1.54) is 4.68 Å². The van der Waals surface area contributed by atoms with Gasteiger partial charge in [0.1, 0.15) is 15.9 Å². The van der Waals surface area contributed by atoms with Crippen molar-refractivity contribution < 1.29 is 4.79 Å². The zero-order valence-corrected chi connectivity index (χ0v) is 17.6. The van der Waals surface area contributed by atoms with E-state index in [-0.39, 0.29) is 12.5 Å². The quantitative estimate of drug-likeness (QED) is 0.603. The van der Waals surface area contributed by atoms with Gasteiger partial charge in [0.2, 0.25) is 0 Å². The number of pyridine rings is 1. The predicted octanol–water partition coefficient (Wildman–Crippen LogP) is 4.03. The number of aromatic nitrogens is 5. The fraction of sp³-hybridized carbons (Fsp3) is 0.474. The van der Waals surface area contributed by atoms with E-state index < -0.39 is 0 Å². The number of hydrogen-bond acceptors (Lipinski definition) is 4. The fourth-order valence-corrected chi connectivity index (χ4v) is 3.71. The number of carbonyl (C=O) groups is 1. The molecular formula is C19H22Cl2N6O. The molecule has 3 heterocycles. The Morgan fingerprint density at radius 2 is 2.11 bits per heavy atom. The molecule has 28 heavy (non-hydrogen) atoms. The lowest BCUT2D eigenvalue weighted by atomic mass is 10.1. The summed E-state index contributed by atoms with van der Waals surface area (Å²) in [6.07, 6.45) is 4.92. The van der Waals surface area contributed by atoms with Gasteiger partial charge in [0.05, 0.1) is 23.7 Å². The molecule has 0 saturated heterocycles. The van der Waals surface area contributed by atoms with Crippen molar-refractivity contribution in [3.05, 3.63) is 39.4 Å². The van der Waals surface area contributed by atoms with Gasteiger partial charge in [-0.25, -0.2) is 9.67 Å². The van der Waals surface area contributed by atoms with Gasteiger partial charge in [-0.15, -0.1) is 0 Å². The lowest BCUT2D eigenvalue weighted by molar-refractivity contribution is 0.0785. The van der Waals surface area contributed by atoms with E-state index >= 15 is 0 Å². The zero-order valence-electron chi connectivity index (χ0n) is 16.1. The molecule has 3 aromatic rings. The summed E-state index contributed by atoms with van der Waals surface area (Å²) in [5.74, 6) is 0.332. The van der Waals surface area contributed by atoms with E-state index in [0.29, 0.717) is 27.4 Å². The van der Waals surface area contributed by atoms with Crippen LogP contribution in [0.25, 0.3) is 11.0 Å². The fourth-order valence-electron chi connectivity index (χ4n) is 3.34. The van der Waals surface area contributed by atoms with Crippen molar-refractivity contribution in [2.45, 2.75) is 45.2 Å². The van der Waals surface area contributed by atoms with Gasteiger partial charge in [-0.2, -0.15) is 10.2 Å². The van der Waals surface area contributed by atoms with E-state index in [4.69, 9.17) is 28.2 Å². The number of nitrogens with zero attached hydrogens (tertiary/aromatic N) is 6. The van der Waals surface area contributed by atoms with Crippen LogP contribution in [-0.2, 0) is 20.1 Å². The Morgan fingerprint density at radius 3 is 2.71 bits per heavy atom. The van der Waals surface area contributed by atoms with E-state index in [1.807, 2.05) is 10.7 Å². The van der Waals surface area contributed by atoms with Gasteiger partial charge in [0.15, 0.2) is 5.65 Å². The molecule has 0 N–H and O–H groups in total. The van der Waals surface area contributed by atoms with Crippen molar-refractivity contribution in [2.75, 3.05) is 7.05 Å². The average Bonchev–Trinajstić information content (AvgIpc) is 3.42. The Labute approximate surface area is 173 Å². The predicted molar refractivity (Wildman–Crippen MR) is 109 cm³/mol. The van der Waals surface area contributed by atoms with Gasteiger partial charge < -0.3 is 4.90 Å². The topological polar surface area (TPSA) is 68.8 Å². The summed E-state index contributed by atoms with van der Waals surface area (Å²) in [5, 5.41) is 10.3. The lowest BCUT2D eigenvalue weighted by Crippen LogP contribution is -2.27. The second kappa shape index (κ2) is 7.37. The SMILES string of the molecule is CCCn1ncc2c(C(=O)N(C)Cc3nn(C)c(Cl)c3Cl)cc(C3CC3)nc21. The van der Waals surface area contributed by atoms with Crippen molar-refractivity contribution in [2.24, 2.45) is 7.05 Å². The summed E-state index contributed by atoms with van der Waals surface area (Å²) >= 11 is 12.3. The van der Waals surface area contributed by atoms with Crippen LogP contribution in [0.15, 0.2) is 12.3 Å². The number of fused-ring (bicyclic) bond motifs is 1. The van der Waals surface area contributed by atoms with Gasteiger partial charge in [-0.05, 0) is 25.3 Å². The molecule has 0 unspecified atom stereocenters. The smallest absolute Gasteiger partial charge is 0.254 e. The highest BCUT2D eigenvalue weighted by molar-refractivity contribution is 6.41. The van der Waals surface area contributed by atoms with Crippen LogP contribution < -0.4 is 0 Å². The van der Waals surface area contributed by atoms with Crippen molar-refractivity contribution in [3.63, 3.8) is 0 Å². The molecule has 1 aliphatic rings. The average molecular weight is 421 g/mol. The first-order valence-electron chi connectivity index (χ1n) is 9.39. The molecule has 0 aromatic carbocycles. The minimum absolute atomic E-state index is 0.108. The molecule has 7 nitrogen and oxygen atoms in total. The first kappa shape index (κ1) is 19.2. The molecule has 148 valence electrons. The van der Waals surface area contributed by atoms with Gasteiger partial charge >= 0.3 is 0 Å². The number of halogens is 2. The minimum atomic E-state index is -0.108. The second-order valence-electron chi connectivity index (χ2n) is 7.31. The Morgan fingerprint density at radius 1 is 1.36 bits per heavy atom. The molecule has 0 atom stereocenters. The van der Waals surface area contributed by atoms with Crippen LogP contribution in [0.3, 0.4) is 0 Å². The van der Waals surface area contributed by atoms with Crippen molar-refractivity contribution >= 4 is 40.1 Å². The molecule has 1 saturated carbocycles. The Hall–Kier alpha value is -2.12. The Kier molecular flexibility index (Phi) is 5.05. The maximum atomic E-state index is 13.3. The highest BCUT2D eigenvalue weighted by Crippen LogP contribution is 2.40. The number of rotatable bonds is 6. The Balaban J connectivity index is 1.70. The summed E-state index contributed by atoms with van der Waals surface area (Å²) < 4.78 is 3.38. The molecule has 0 aliphatic heterocycles. The number of aryl methyl sites for hydroxylation is 2. The summed E-state index contributed by atoms with van der Waals surface area (Å²) in [5.41, 5.74) is 2.94. The summed E-state index contributed by atoms with van der Waals surface area (Å²) in [6, 6.07) is 1.92. The van der Waals surface area contributed by atoms with Crippen molar-refractivity contribution in [3.8, 4) is 0 Å². The molecule has 0 spiro atoms. The van der Waals surface area contributed by atoms with Crippen LogP contribution in [0.2, 0.25) is 10.2 Å². The maximum absolute atomic E-state index is 13.3. The number of hydrogen-bond donors (Lipinski definition) is 0. The Bertz CT molecular complexity index is 1050. The van der Waals surface area contributed by atoms with Crippen molar-refractivity contribution in [1.29, 1.82) is 0 Å². The molecule has 1 aliphatic carbocycles. The molecular weight excluding hydrogens is 399 g/mol. The first-order chi connectivity index (χ1) is 13.4. The standard InChI is InChI=1S/C19H22Cl2N6O/c1-4-7-27-18-13(9-22-27)12(8-14(23-18)11-5-6-11)19(28)25(2)10-15-16(20)17(21)26(3)24-15/h8-9,11H,4-7,10H2,1-3H3. The minimum Gasteiger partial charge on any atom is -0.336 e. The van der Waals surface area contributed by atoms with E-state index in [2.05, 4.69) is 17.1 Å². The maximum Gasteiger partial charge on any atom is 0.254 e. The normalized spacial score (nSPS) is 14.0. The largest absolute Gasteiger partial charge is 0.336 e. The van der Waals surface area contributed by atoms with Crippen LogP contribution in [0, 0.1) is 0 Å². The molecule has 9 heteroatoms. The van der Waals surface area contributed by atoms with Crippen LogP contribution in [-0.4, -0.2) is 42.4 Å². The van der Waals surface area contributed by atoms with Gasteiger partial charge in [0, 0.05) is 32.3 Å². The highest BCUT2D eigenvalue weighted by atomic mass is 35.5. The molecule has 0 radical (unpaired) electrons. The molecule has 1 fully saturated rings. The molecule has 3 aromatic heterocycles. The molecule has 0 bridgehead atoms. The van der Waals surface area contributed by atoms with Crippen LogP contribution in [0.5, 0.6) is 0 Å². The van der Waals surface area contributed by atoms with Crippen molar-refractivity contribution in [1.82, 2.24) is 29.4 Å². The zero-order chi connectivity index (χ0) is 20.0. The van der Waals surface area contributed by atoms with Crippen LogP contribution >= 0.6 is 23.2 Å². The van der Waals surface area contributed by atoms with Gasteiger partial charge in [0.25, 0.3) is 5.91 Å². The number of amides is 1. The molecule has 1 amide bonds. The van der Waals surface area contributed by atoms with Gasteiger partial charge in [-0.3, -0.25) is 9.48 Å². The van der Waals surface area contributed by atoms with Gasteiger partial charge in [-0.1, -0.05) is 30.1 Å². The summed E-state index contributed by atoms with van der Waals surface area (Å²) in [6.45, 7) is 3.14. The summed E-state index contributed by atoms with van der Waals surface area (Å²) in [7, 11) is 3.46. The van der Waals surface area contributed by atoms with E-state index in [0.717, 1.165) is 42.5 Å². The third-order valence-corrected chi connectivity index (χ3v) is 5.94. The third-order valence-electron chi connectivity index (χ3n) is 5.01. The monoisotopic (exact) mass is 420 g/mol. The lowest BCUT2D eigenvalue weighted by Gasteiger charge is -2.17. The number of carbonyl (C=O) groups excluding carboxylic acids is 1. The van der Waals surface area contributed by atoms with Crippen LogP contribution in [0.1, 0.15) is 53.8 Å². The first-order valence-corrected chi connectivity index (χ1v) is 10.1. The third kappa shape index (κ3) is 3.37. The second-order valence-corrected chi connectivity index (χ2v) is 8.05. The summed E-state index contributed by atoms with van der Waals surface area (Å²) in [4.78, 5) is 19.7.